The van der Waals surface area contributed by atoms with Gasteiger partial charge in [0.05, 0.1) is 7.11 Å². The molecule has 0 aliphatic heterocycles. The number of pyridine rings is 1. The van der Waals surface area contributed by atoms with Crippen molar-refractivity contribution < 1.29 is 14.3 Å². The van der Waals surface area contributed by atoms with Gasteiger partial charge in [-0.2, -0.15) is 0 Å². The Morgan fingerprint density at radius 1 is 1.39 bits per heavy atom. The summed E-state index contributed by atoms with van der Waals surface area (Å²) in [6.07, 6.45) is 4.17. The van der Waals surface area contributed by atoms with Crippen LogP contribution < -0.4 is 0 Å². The lowest BCUT2D eigenvalue weighted by molar-refractivity contribution is -0.149. The quantitative estimate of drug-likeness (QED) is 0.549. The molecule has 1 unspecified atom stereocenters. The summed E-state index contributed by atoms with van der Waals surface area (Å²) in [5.41, 5.74) is 0.688. The van der Waals surface area contributed by atoms with Crippen molar-refractivity contribution in [3.8, 4) is 0 Å². The van der Waals surface area contributed by atoms with E-state index < -0.39 is 11.9 Å². The van der Waals surface area contributed by atoms with E-state index in [1.54, 1.807) is 18.3 Å². The summed E-state index contributed by atoms with van der Waals surface area (Å²) in [4.78, 5) is 27.8. The number of methoxy groups -OCH3 is 1. The number of rotatable bonds is 7. The van der Waals surface area contributed by atoms with Crippen molar-refractivity contribution in [1.29, 1.82) is 0 Å². The number of carbonyl (C=O) groups is 2. The lowest BCUT2D eigenvalue weighted by Crippen LogP contribution is -2.27. The van der Waals surface area contributed by atoms with E-state index in [0.29, 0.717) is 12.1 Å². The number of ketones is 1. The molecule has 4 heteroatoms. The van der Waals surface area contributed by atoms with Crippen molar-refractivity contribution in [2.45, 2.75) is 32.6 Å². The van der Waals surface area contributed by atoms with E-state index in [1.807, 2.05) is 13.0 Å². The Kier molecular flexibility index (Phi) is 6.05. The number of nitrogens with zero attached hydrogens (tertiary/aromatic N) is 1. The Morgan fingerprint density at radius 3 is 2.72 bits per heavy atom. The van der Waals surface area contributed by atoms with Crippen molar-refractivity contribution in [3.05, 3.63) is 30.1 Å². The first-order chi connectivity index (χ1) is 8.69. The summed E-state index contributed by atoms with van der Waals surface area (Å²) in [6, 6.07) is 5.41. The molecule has 18 heavy (non-hydrogen) atoms. The molecular weight excluding hydrogens is 230 g/mol. The van der Waals surface area contributed by atoms with E-state index >= 15 is 0 Å². The summed E-state index contributed by atoms with van der Waals surface area (Å²) < 4.78 is 4.69. The topological polar surface area (TPSA) is 56.3 Å². The number of ether oxygens (including phenoxy) is 1. The van der Waals surface area contributed by atoms with Crippen molar-refractivity contribution >= 4 is 11.8 Å². The second kappa shape index (κ2) is 7.58. The van der Waals surface area contributed by atoms with E-state index in [-0.39, 0.29) is 12.2 Å². The summed E-state index contributed by atoms with van der Waals surface area (Å²) in [7, 11) is 1.31. The summed E-state index contributed by atoms with van der Waals surface area (Å²) >= 11 is 0. The zero-order valence-electron chi connectivity index (χ0n) is 10.9. The first kappa shape index (κ1) is 14.4. The highest BCUT2D eigenvalue weighted by Gasteiger charge is 2.26. The van der Waals surface area contributed by atoms with Crippen LogP contribution in [0.25, 0.3) is 0 Å². The average molecular weight is 249 g/mol. The highest BCUT2D eigenvalue weighted by Crippen LogP contribution is 2.14. The number of aromatic nitrogens is 1. The molecule has 0 saturated carbocycles. The van der Waals surface area contributed by atoms with Gasteiger partial charge in [0, 0.05) is 18.3 Å². The maximum Gasteiger partial charge on any atom is 0.316 e. The first-order valence-electron chi connectivity index (χ1n) is 6.19. The molecule has 0 aliphatic rings. The number of hydrogen-bond acceptors (Lipinski definition) is 4. The number of carbonyl (C=O) groups excluding carboxylic acids is 2. The highest BCUT2D eigenvalue weighted by molar-refractivity contribution is 5.99. The summed E-state index contributed by atoms with van der Waals surface area (Å²) in [6.45, 7) is 2.03. The number of hydrogen-bond donors (Lipinski definition) is 0. The Morgan fingerprint density at radius 2 is 2.17 bits per heavy atom. The highest BCUT2D eigenvalue weighted by atomic mass is 16.5. The lowest BCUT2D eigenvalue weighted by atomic mass is 9.94. The molecule has 1 atom stereocenters. The molecule has 1 aromatic rings. The van der Waals surface area contributed by atoms with Crippen LogP contribution in [0.1, 0.15) is 31.9 Å². The monoisotopic (exact) mass is 249 g/mol. The zero-order chi connectivity index (χ0) is 13.4. The molecule has 0 aliphatic carbocycles. The largest absolute Gasteiger partial charge is 0.468 e. The Labute approximate surface area is 107 Å². The predicted molar refractivity (Wildman–Crippen MR) is 68.0 cm³/mol. The van der Waals surface area contributed by atoms with Crippen LogP contribution in [-0.4, -0.2) is 23.8 Å². The second-order valence-electron chi connectivity index (χ2n) is 4.18. The van der Waals surface area contributed by atoms with Gasteiger partial charge in [-0.1, -0.05) is 25.8 Å². The van der Waals surface area contributed by atoms with Crippen LogP contribution >= 0.6 is 0 Å². The van der Waals surface area contributed by atoms with E-state index in [9.17, 15) is 9.59 Å². The van der Waals surface area contributed by atoms with Gasteiger partial charge in [-0.05, 0) is 18.6 Å². The van der Waals surface area contributed by atoms with Gasteiger partial charge < -0.3 is 4.74 Å². The maximum atomic E-state index is 12.1. The van der Waals surface area contributed by atoms with Crippen LogP contribution in [0.2, 0.25) is 0 Å². The summed E-state index contributed by atoms with van der Waals surface area (Å²) in [5, 5.41) is 0. The molecule has 0 saturated heterocycles. The van der Waals surface area contributed by atoms with E-state index in [0.717, 1.165) is 12.8 Å². The summed E-state index contributed by atoms with van der Waals surface area (Å²) in [5.74, 6) is -1.21. The Bertz CT molecular complexity index is 389. The average Bonchev–Trinajstić information content (AvgIpc) is 2.40. The molecule has 98 valence electrons. The van der Waals surface area contributed by atoms with Crippen LogP contribution in [0.4, 0.5) is 0 Å². The minimum Gasteiger partial charge on any atom is -0.468 e. The molecule has 4 nitrogen and oxygen atoms in total. The molecule has 1 aromatic heterocycles. The molecule has 0 bridgehead atoms. The van der Waals surface area contributed by atoms with Crippen LogP contribution in [0.3, 0.4) is 0 Å². The third-order valence-electron chi connectivity index (χ3n) is 2.80. The van der Waals surface area contributed by atoms with Gasteiger partial charge in [-0.3, -0.25) is 14.6 Å². The fourth-order valence-corrected chi connectivity index (χ4v) is 1.77. The van der Waals surface area contributed by atoms with Gasteiger partial charge in [0.2, 0.25) is 0 Å². The molecular formula is C14H19NO3. The normalized spacial score (nSPS) is 11.9. The molecule has 0 aromatic carbocycles. The molecule has 0 amide bonds. The van der Waals surface area contributed by atoms with Crippen molar-refractivity contribution in [1.82, 2.24) is 4.98 Å². The lowest BCUT2D eigenvalue weighted by Gasteiger charge is -2.12. The van der Waals surface area contributed by atoms with Gasteiger partial charge in [-0.15, -0.1) is 0 Å². The van der Waals surface area contributed by atoms with Crippen LogP contribution in [-0.2, 0) is 20.7 Å². The standard InChI is InChI=1S/C14H19NO3/c1-3-4-8-12(14(17)18-2)13(16)10-11-7-5-6-9-15-11/h5-7,9,12H,3-4,8,10H2,1-2H3. The molecule has 1 rings (SSSR count). The number of Topliss-reactive ketones (excluding diaryl/α,β-unsaturated/α-hetero) is 1. The molecule has 0 fully saturated rings. The molecule has 0 spiro atoms. The molecule has 1 heterocycles. The van der Waals surface area contributed by atoms with E-state index in [2.05, 4.69) is 9.72 Å². The van der Waals surface area contributed by atoms with Crippen LogP contribution in [0.5, 0.6) is 0 Å². The maximum absolute atomic E-state index is 12.1. The fourth-order valence-electron chi connectivity index (χ4n) is 1.77. The van der Waals surface area contributed by atoms with Crippen molar-refractivity contribution in [2.24, 2.45) is 5.92 Å². The van der Waals surface area contributed by atoms with Gasteiger partial charge >= 0.3 is 5.97 Å². The first-order valence-corrected chi connectivity index (χ1v) is 6.19. The minimum atomic E-state index is -0.656. The third kappa shape index (κ3) is 4.28. The van der Waals surface area contributed by atoms with Crippen molar-refractivity contribution in [2.75, 3.05) is 7.11 Å². The SMILES string of the molecule is CCCCC(C(=O)Cc1ccccn1)C(=O)OC. The number of esters is 1. The molecule has 0 radical (unpaired) electrons. The van der Waals surface area contributed by atoms with Gasteiger partial charge in [0.1, 0.15) is 5.92 Å². The zero-order valence-corrected chi connectivity index (χ0v) is 10.9. The van der Waals surface area contributed by atoms with E-state index in [4.69, 9.17) is 0 Å². The number of unbranched alkanes of at least 4 members (excludes halogenated alkanes) is 1. The van der Waals surface area contributed by atoms with Crippen molar-refractivity contribution in [3.63, 3.8) is 0 Å². The van der Waals surface area contributed by atoms with Crippen LogP contribution in [0.15, 0.2) is 24.4 Å². The van der Waals surface area contributed by atoms with E-state index in [1.165, 1.54) is 7.11 Å². The smallest absolute Gasteiger partial charge is 0.316 e. The van der Waals surface area contributed by atoms with Gasteiger partial charge in [0.15, 0.2) is 5.78 Å². The van der Waals surface area contributed by atoms with Gasteiger partial charge in [-0.25, -0.2) is 0 Å². The van der Waals surface area contributed by atoms with Gasteiger partial charge in [0.25, 0.3) is 0 Å². The Balaban J connectivity index is 2.67. The predicted octanol–water partition coefficient (Wildman–Crippen LogP) is 2.17. The minimum absolute atomic E-state index is 0.117. The second-order valence-corrected chi connectivity index (χ2v) is 4.18. The third-order valence-corrected chi connectivity index (χ3v) is 2.80. The fraction of sp³-hybridized carbons (Fsp3) is 0.500. The Hall–Kier alpha value is -1.71. The van der Waals surface area contributed by atoms with Crippen LogP contribution in [0, 0.1) is 5.92 Å². The molecule has 0 N–H and O–H groups in total.